The molecular weight excluding hydrogens is 210 g/mol. The Hall–Kier alpha value is -1.90. The Labute approximate surface area is 103 Å². The van der Waals surface area contributed by atoms with Crippen molar-refractivity contribution in [1.82, 2.24) is 4.98 Å². The average molecular weight is 229 g/mol. The molecule has 0 saturated carbocycles. The Balaban J connectivity index is 3.13. The van der Waals surface area contributed by atoms with E-state index in [1.54, 1.807) is 18.5 Å². The summed E-state index contributed by atoms with van der Waals surface area (Å²) >= 11 is 0. The Morgan fingerprint density at radius 2 is 2.12 bits per heavy atom. The Kier molecular flexibility index (Phi) is 4.64. The average Bonchev–Trinajstić information content (AvgIpc) is 2.30. The number of rotatable bonds is 4. The number of aliphatic imine (C=N–C) groups is 1. The van der Waals surface area contributed by atoms with Crippen molar-refractivity contribution < 1.29 is 0 Å². The molecule has 1 aromatic heterocycles. The molecule has 17 heavy (non-hydrogen) atoms. The Morgan fingerprint density at radius 3 is 2.65 bits per heavy atom. The second-order valence-electron chi connectivity index (χ2n) is 4.16. The number of hydrogen-bond donors (Lipinski definition) is 0. The molecule has 0 atom stereocenters. The molecule has 0 unspecified atom stereocenters. The molecule has 0 bridgehead atoms. The van der Waals surface area contributed by atoms with Crippen molar-refractivity contribution in [3.63, 3.8) is 0 Å². The molecule has 0 aliphatic heterocycles. The monoisotopic (exact) mass is 229 g/mol. The summed E-state index contributed by atoms with van der Waals surface area (Å²) in [6.45, 7) is 7.72. The molecule has 0 amide bonds. The van der Waals surface area contributed by atoms with Crippen molar-refractivity contribution in [3.05, 3.63) is 42.9 Å². The van der Waals surface area contributed by atoms with E-state index in [0.717, 1.165) is 22.7 Å². The number of pyridine rings is 1. The van der Waals surface area contributed by atoms with Crippen molar-refractivity contribution in [2.45, 2.75) is 13.8 Å². The molecule has 0 saturated heterocycles. The van der Waals surface area contributed by atoms with Crippen LogP contribution in [-0.2, 0) is 0 Å². The number of hydrogen-bond acceptors (Lipinski definition) is 3. The lowest BCUT2D eigenvalue weighted by Gasteiger charge is -2.13. The maximum absolute atomic E-state index is 4.34. The minimum atomic E-state index is 0.885. The van der Waals surface area contributed by atoms with E-state index in [0.29, 0.717) is 0 Å². The highest BCUT2D eigenvalue weighted by molar-refractivity contribution is 5.82. The lowest BCUT2D eigenvalue weighted by atomic mass is 10.1. The summed E-state index contributed by atoms with van der Waals surface area (Å²) < 4.78 is 0. The molecule has 3 heteroatoms. The predicted molar refractivity (Wildman–Crippen MR) is 75.5 cm³/mol. The number of nitrogens with zero attached hydrogens (tertiary/aromatic N) is 3. The summed E-state index contributed by atoms with van der Waals surface area (Å²) in [5.41, 5.74) is 3.93. The third kappa shape index (κ3) is 3.87. The largest absolute Gasteiger partial charge is 0.378 e. The SMILES string of the molecule is C=C/C(=C\N=C(C)C)c1cc(N(C)C)ccn1. The first-order chi connectivity index (χ1) is 8.04. The molecule has 0 spiro atoms. The number of anilines is 1. The van der Waals surface area contributed by atoms with Gasteiger partial charge in [0.05, 0.1) is 5.69 Å². The van der Waals surface area contributed by atoms with Gasteiger partial charge in [-0.3, -0.25) is 9.98 Å². The topological polar surface area (TPSA) is 28.5 Å². The fraction of sp³-hybridized carbons (Fsp3) is 0.286. The fourth-order valence-corrected chi connectivity index (χ4v) is 1.28. The highest BCUT2D eigenvalue weighted by Crippen LogP contribution is 2.18. The van der Waals surface area contributed by atoms with Gasteiger partial charge in [-0.1, -0.05) is 12.7 Å². The van der Waals surface area contributed by atoms with Gasteiger partial charge in [0.2, 0.25) is 0 Å². The Morgan fingerprint density at radius 1 is 1.41 bits per heavy atom. The number of allylic oxidation sites excluding steroid dienone is 2. The molecule has 0 aliphatic rings. The molecule has 1 aromatic rings. The van der Waals surface area contributed by atoms with Crippen molar-refractivity contribution in [3.8, 4) is 0 Å². The van der Waals surface area contributed by atoms with Crippen molar-refractivity contribution in [2.75, 3.05) is 19.0 Å². The zero-order chi connectivity index (χ0) is 12.8. The van der Waals surface area contributed by atoms with Crippen LogP contribution < -0.4 is 4.90 Å². The standard InChI is InChI=1S/C14H19N3/c1-6-12(10-16-11(2)3)14-9-13(17(4)5)7-8-15-14/h6-10H,1H2,2-5H3/b12-10+. The van der Waals surface area contributed by atoms with Crippen LogP contribution in [-0.4, -0.2) is 24.8 Å². The first-order valence-electron chi connectivity index (χ1n) is 5.52. The quantitative estimate of drug-likeness (QED) is 0.586. The Bertz CT molecular complexity index is 452. The van der Waals surface area contributed by atoms with Crippen molar-refractivity contribution in [2.24, 2.45) is 4.99 Å². The van der Waals surface area contributed by atoms with Crippen LogP contribution in [0.4, 0.5) is 5.69 Å². The van der Waals surface area contributed by atoms with Gasteiger partial charge in [-0.05, 0) is 26.0 Å². The molecule has 1 rings (SSSR count). The van der Waals surface area contributed by atoms with Crippen LogP contribution >= 0.6 is 0 Å². The highest BCUT2D eigenvalue weighted by atomic mass is 15.1. The van der Waals surface area contributed by atoms with E-state index >= 15 is 0 Å². The highest BCUT2D eigenvalue weighted by Gasteiger charge is 2.02. The van der Waals surface area contributed by atoms with Crippen LogP contribution in [0.5, 0.6) is 0 Å². The van der Waals surface area contributed by atoms with Gasteiger partial charge >= 0.3 is 0 Å². The summed E-state index contributed by atoms with van der Waals surface area (Å²) in [5, 5.41) is 0. The molecular formula is C14H19N3. The molecule has 0 radical (unpaired) electrons. The van der Waals surface area contributed by atoms with Crippen molar-refractivity contribution >= 4 is 17.0 Å². The van der Waals surface area contributed by atoms with E-state index in [-0.39, 0.29) is 0 Å². The smallest absolute Gasteiger partial charge is 0.0737 e. The second kappa shape index (κ2) is 5.99. The van der Waals surface area contributed by atoms with Crippen LogP contribution in [0.3, 0.4) is 0 Å². The van der Waals surface area contributed by atoms with Gasteiger partial charge in [-0.25, -0.2) is 0 Å². The van der Waals surface area contributed by atoms with Crippen LogP contribution in [0.1, 0.15) is 19.5 Å². The fourth-order valence-electron chi connectivity index (χ4n) is 1.28. The summed E-state index contributed by atoms with van der Waals surface area (Å²) in [6, 6.07) is 3.99. The summed E-state index contributed by atoms with van der Waals surface area (Å²) in [5.74, 6) is 0. The molecule has 0 N–H and O–H groups in total. The van der Waals surface area contributed by atoms with E-state index < -0.39 is 0 Å². The molecule has 0 aromatic carbocycles. The van der Waals surface area contributed by atoms with Gasteiger partial charge in [-0.2, -0.15) is 0 Å². The van der Waals surface area contributed by atoms with E-state index in [4.69, 9.17) is 0 Å². The normalized spacial score (nSPS) is 10.9. The number of aromatic nitrogens is 1. The van der Waals surface area contributed by atoms with E-state index in [1.807, 2.05) is 45.0 Å². The first-order valence-corrected chi connectivity index (χ1v) is 5.52. The molecule has 3 nitrogen and oxygen atoms in total. The van der Waals surface area contributed by atoms with E-state index in [1.165, 1.54) is 0 Å². The van der Waals surface area contributed by atoms with Crippen LogP contribution in [0, 0.1) is 0 Å². The van der Waals surface area contributed by atoms with E-state index in [2.05, 4.69) is 16.6 Å². The summed E-state index contributed by atoms with van der Waals surface area (Å²) in [6.07, 6.45) is 5.36. The third-order valence-corrected chi connectivity index (χ3v) is 2.24. The maximum Gasteiger partial charge on any atom is 0.0737 e. The van der Waals surface area contributed by atoms with Crippen LogP contribution in [0.15, 0.2) is 42.2 Å². The predicted octanol–water partition coefficient (Wildman–Crippen LogP) is 3.16. The lowest BCUT2D eigenvalue weighted by Crippen LogP contribution is -2.09. The van der Waals surface area contributed by atoms with Gasteiger partial charge in [0.15, 0.2) is 0 Å². The molecule has 1 heterocycles. The summed E-state index contributed by atoms with van der Waals surface area (Å²) in [4.78, 5) is 10.7. The van der Waals surface area contributed by atoms with E-state index in [9.17, 15) is 0 Å². The zero-order valence-corrected chi connectivity index (χ0v) is 10.9. The van der Waals surface area contributed by atoms with Gasteiger partial charge < -0.3 is 4.90 Å². The zero-order valence-electron chi connectivity index (χ0n) is 10.9. The van der Waals surface area contributed by atoms with Crippen molar-refractivity contribution in [1.29, 1.82) is 0 Å². The second-order valence-corrected chi connectivity index (χ2v) is 4.16. The van der Waals surface area contributed by atoms with Gasteiger partial charge in [0.1, 0.15) is 0 Å². The molecule has 0 fully saturated rings. The van der Waals surface area contributed by atoms with Crippen LogP contribution in [0.25, 0.3) is 5.57 Å². The minimum Gasteiger partial charge on any atom is -0.378 e. The molecule has 90 valence electrons. The minimum absolute atomic E-state index is 0.885. The van der Waals surface area contributed by atoms with Gasteiger partial charge in [0, 0.05) is 43.5 Å². The first kappa shape index (κ1) is 13.2. The third-order valence-electron chi connectivity index (χ3n) is 2.24. The molecule has 0 aliphatic carbocycles. The van der Waals surface area contributed by atoms with Gasteiger partial charge in [0.25, 0.3) is 0 Å². The lowest BCUT2D eigenvalue weighted by molar-refractivity contribution is 1.11. The summed E-state index contributed by atoms with van der Waals surface area (Å²) in [7, 11) is 4.01. The maximum atomic E-state index is 4.34. The van der Waals surface area contributed by atoms with Crippen LogP contribution in [0.2, 0.25) is 0 Å². The van der Waals surface area contributed by atoms with Gasteiger partial charge in [-0.15, -0.1) is 0 Å².